The van der Waals surface area contributed by atoms with Gasteiger partial charge >= 0.3 is 0 Å². The molecule has 0 aliphatic rings. The van der Waals surface area contributed by atoms with E-state index in [4.69, 9.17) is 0 Å². The first-order valence-electron chi connectivity index (χ1n) is 9.00. The summed E-state index contributed by atoms with van der Waals surface area (Å²) in [5.74, 6) is 0.166. The number of benzene rings is 2. The van der Waals surface area contributed by atoms with Gasteiger partial charge in [-0.3, -0.25) is 4.79 Å². The second-order valence-corrected chi connectivity index (χ2v) is 20.1. The van der Waals surface area contributed by atoms with Gasteiger partial charge in [0.15, 0.2) is 0 Å². The highest BCUT2D eigenvalue weighted by Crippen LogP contribution is 2.28. The van der Waals surface area contributed by atoms with Crippen molar-refractivity contribution in [2.24, 2.45) is 0 Å². The molecule has 0 heterocycles. The van der Waals surface area contributed by atoms with Gasteiger partial charge < -0.3 is 4.90 Å². The van der Waals surface area contributed by atoms with Crippen molar-refractivity contribution in [3.63, 3.8) is 0 Å². The highest BCUT2D eigenvalue weighted by Gasteiger charge is 2.43. The standard InChI is InChI=1S/C21H31NOSi2/c1-24(2,3)21(25(4,5)6)22(17-18-13-9-7-10-14-18)20(23)19-15-11-8-12-16-19/h7-16,21H,17H2,1-6H3. The molecular weight excluding hydrogens is 338 g/mol. The number of carbonyl (C=O) groups excluding carboxylic acids is 1. The Morgan fingerprint density at radius 2 is 1.24 bits per heavy atom. The zero-order valence-corrected chi connectivity index (χ0v) is 18.4. The Bertz CT molecular complexity index is 673. The molecule has 0 aromatic heterocycles. The molecule has 2 aromatic rings. The monoisotopic (exact) mass is 369 g/mol. The molecule has 0 saturated carbocycles. The van der Waals surface area contributed by atoms with Crippen LogP contribution >= 0.6 is 0 Å². The molecule has 0 unspecified atom stereocenters. The molecule has 2 aromatic carbocycles. The number of hydrogen-bond acceptors (Lipinski definition) is 1. The number of hydrogen-bond donors (Lipinski definition) is 0. The molecule has 134 valence electrons. The van der Waals surface area contributed by atoms with Crippen molar-refractivity contribution in [3.05, 3.63) is 71.8 Å². The highest BCUT2D eigenvalue weighted by atomic mass is 28.4. The van der Waals surface area contributed by atoms with Crippen LogP contribution in [0.25, 0.3) is 0 Å². The number of amides is 1. The fourth-order valence-corrected chi connectivity index (χ4v) is 16.7. The van der Waals surface area contributed by atoms with E-state index in [2.05, 4.69) is 68.4 Å². The largest absolute Gasteiger partial charge is 0.337 e. The summed E-state index contributed by atoms with van der Waals surface area (Å²) in [6.45, 7) is 15.1. The lowest BCUT2D eigenvalue weighted by Gasteiger charge is -2.46. The molecule has 0 fully saturated rings. The third-order valence-electron chi connectivity index (χ3n) is 4.43. The van der Waals surface area contributed by atoms with Gasteiger partial charge in [-0.15, -0.1) is 0 Å². The first kappa shape index (κ1) is 19.7. The third kappa shape index (κ3) is 5.16. The van der Waals surface area contributed by atoms with E-state index in [0.717, 1.165) is 5.56 Å². The van der Waals surface area contributed by atoms with Crippen molar-refractivity contribution in [1.29, 1.82) is 0 Å². The molecule has 0 aliphatic carbocycles. The zero-order valence-electron chi connectivity index (χ0n) is 16.4. The average molecular weight is 370 g/mol. The first-order chi connectivity index (χ1) is 11.6. The topological polar surface area (TPSA) is 20.3 Å². The van der Waals surface area contributed by atoms with E-state index in [9.17, 15) is 4.79 Å². The maximum Gasteiger partial charge on any atom is 0.253 e. The Morgan fingerprint density at radius 3 is 1.68 bits per heavy atom. The first-order valence-corrected chi connectivity index (χ1v) is 16.2. The Hall–Kier alpha value is -1.66. The summed E-state index contributed by atoms with van der Waals surface area (Å²) in [5, 5.41) is 0.382. The molecule has 2 nitrogen and oxygen atoms in total. The zero-order chi connectivity index (χ0) is 18.7. The van der Waals surface area contributed by atoms with Gasteiger partial charge in [-0.25, -0.2) is 0 Å². The molecule has 0 saturated heterocycles. The minimum absolute atomic E-state index is 0.166. The minimum Gasteiger partial charge on any atom is -0.337 e. The molecule has 0 aliphatic heterocycles. The lowest BCUT2D eigenvalue weighted by atomic mass is 10.1. The van der Waals surface area contributed by atoms with E-state index in [1.807, 2.05) is 36.4 Å². The summed E-state index contributed by atoms with van der Waals surface area (Å²) >= 11 is 0. The number of rotatable bonds is 6. The van der Waals surface area contributed by atoms with Gasteiger partial charge in [0.05, 0.1) is 16.1 Å². The van der Waals surface area contributed by atoms with Crippen LogP contribution in [-0.2, 0) is 6.54 Å². The number of carbonyl (C=O) groups is 1. The fourth-order valence-electron chi connectivity index (χ4n) is 4.04. The maximum absolute atomic E-state index is 13.5. The maximum atomic E-state index is 13.5. The molecule has 2 rings (SSSR count). The van der Waals surface area contributed by atoms with Crippen molar-refractivity contribution in [1.82, 2.24) is 4.90 Å². The van der Waals surface area contributed by atoms with Gasteiger partial charge in [0, 0.05) is 17.4 Å². The van der Waals surface area contributed by atoms with E-state index in [1.54, 1.807) is 0 Å². The van der Waals surface area contributed by atoms with Crippen molar-refractivity contribution >= 4 is 22.1 Å². The molecule has 4 heteroatoms. The summed E-state index contributed by atoms with van der Waals surface area (Å²) < 4.78 is 0. The van der Waals surface area contributed by atoms with Crippen LogP contribution in [0.15, 0.2) is 60.7 Å². The van der Waals surface area contributed by atoms with E-state index in [-0.39, 0.29) is 5.91 Å². The van der Waals surface area contributed by atoms with E-state index < -0.39 is 16.1 Å². The van der Waals surface area contributed by atoms with Crippen LogP contribution < -0.4 is 0 Å². The molecule has 1 amide bonds. The van der Waals surface area contributed by atoms with E-state index in [1.165, 1.54) is 5.56 Å². The van der Waals surface area contributed by atoms with Crippen LogP contribution in [0.2, 0.25) is 39.3 Å². The van der Waals surface area contributed by atoms with Crippen LogP contribution in [0.3, 0.4) is 0 Å². The summed E-state index contributed by atoms with van der Waals surface area (Å²) in [7, 11) is -3.14. The molecule has 0 radical (unpaired) electrons. The Balaban J connectivity index is 2.49. The van der Waals surface area contributed by atoms with Crippen LogP contribution in [0.5, 0.6) is 0 Å². The van der Waals surface area contributed by atoms with Gasteiger partial charge in [0.25, 0.3) is 5.91 Å². The average Bonchev–Trinajstić information content (AvgIpc) is 2.53. The molecule has 0 spiro atoms. The van der Waals surface area contributed by atoms with Gasteiger partial charge in [-0.1, -0.05) is 87.8 Å². The van der Waals surface area contributed by atoms with Crippen LogP contribution in [0, 0.1) is 0 Å². The van der Waals surface area contributed by atoms with Crippen LogP contribution in [0.4, 0.5) is 0 Å². The Labute approximate surface area is 154 Å². The lowest BCUT2D eigenvalue weighted by molar-refractivity contribution is 0.0746. The molecule has 0 bridgehead atoms. The normalized spacial score (nSPS) is 12.3. The summed E-state index contributed by atoms with van der Waals surface area (Å²) in [5.41, 5.74) is 1.99. The fraction of sp³-hybridized carbons (Fsp3) is 0.381. The van der Waals surface area contributed by atoms with Gasteiger partial charge in [0.1, 0.15) is 0 Å². The van der Waals surface area contributed by atoms with Crippen molar-refractivity contribution in [2.45, 2.75) is 51.1 Å². The third-order valence-corrected chi connectivity index (χ3v) is 13.5. The molecule has 25 heavy (non-hydrogen) atoms. The molecule has 0 atom stereocenters. The highest BCUT2D eigenvalue weighted by molar-refractivity contribution is 6.96. The smallest absolute Gasteiger partial charge is 0.253 e. The van der Waals surface area contributed by atoms with Crippen LogP contribution in [0.1, 0.15) is 15.9 Å². The lowest BCUT2D eigenvalue weighted by Crippen LogP contribution is -2.64. The van der Waals surface area contributed by atoms with Crippen molar-refractivity contribution in [3.8, 4) is 0 Å². The van der Waals surface area contributed by atoms with Crippen molar-refractivity contribution in [2.75, 3.05) is 0 Å². The van der Waals surface area contributed by atoms with E-state index in [0.29, 0.717) is 11.8 Å². The van der Waals surface area contributed by atoms with Gasteiger partial charge in [-0.05, 0) is 17.7 Å². The second-order valence-electron chi connectivity index (χ2n) is 8.92. The minimum atomic E-state index is -1.57. The molecule has 0 N–H and O–H groups in total. The predicted molar refractivity (Wildman–Crippen MR) is 113 cm³/mol. The van der Waals surface area contributed by atoms with E-state index >= 15 is 0 Å². The summed E-state index contributed by atoms with van der Waals surface area (Å²) in [6, 6.07) is 20.1. The van der Waals surface area contributed by atoms with Crippen molar-refractivity contribution < 1.29 is 4.79 Å². The SMILES string of the molecule is C[Si](C)(C)C(N(Cc1ccccc1)C(=O)c1ccccc1)[Si](C)(C)C. The Kier molecular flexibility index (Phi) is 6.06. The Morgan fingerprint density at radius 1 is 0.800 bits per heavy atom. The number of nitrogens with zero attached hydrogens (tertiary/aromatic N) is 1. The van der Waals surface area contributed by atoms with Gasteiger partial charge in [-0.2, -0.15) is 0 Å². The predicted octanol–water partition coefficient (Wildman–Crippen LogP) is 5.45. The summed E-state index contributed by atoms with van der Waals surface area (Å²) in [6.07, 6.45) is 0. The summed E-state index contributed by atoms with van der Waals surface area (Å²) in [4.78, 5) is 15.6. The quantitative estimate of drug-likeness (QED) is 0.620. The second kappa shape index (κ2) is 7.71. The van der Waals surface area contributed by atoms with Crippen LogP contribution in [-0.4, -0.2) is 32.2 Å². The molecular formula is C21H31NOSi2. The van der Waals surface area contributed by atoms with Gasteiger partial charge in [0.2, 0.25) is 0 Å².